The highest BCUT2D eigenvalue weighted by Crippen LogP contribution is 2.24. The third-order valence-electron chi connectivity index (χ3n) is 4.39. The summed E-state index contributed by atoms with van der Waals surface area (Å²) in [6.07, 6.45) is 2.07. The van der Waals surface area contributed by atoms with Crippen LogP contribution in [0.2, 0.25) is 0 Å². The standard InChI is InChI=1S/C20H21NO3/c1-2-24-21-17-11-6-12-18(22)20(17)19(23)13-15-9-5-8-14-7-3-4-10-16(14)15/h3-5,7-10,20H,2,6,11-13H2,1H3. The molecule has 2 aromatic carbocycles. The lowest BCUT2D eigenvalue weighted by Gasteiger charge is -2.21. The average Bonchev–Trinajstić information content (AvgIpc) is 2.60. The Labute approximate surface area is 141 Å². The van der Waals surface area contributed by atoms with Crippen LogP contribution < -0.4 is 0 Å². The van der Waals surface area contributed by atoms with Gasteiger partial charge in [0.1, 0.15) is 18.3 Å². The third-order valence-corrected chi connectivity index (χ3v) is 4.39. The molecule has 3 rings (SSSR count). The Morgan fingerprint density at radius 3 is 2.79 bits per heavy atom. The Morgan fingerprint density at radius 2 is 1.96 bits per heavy atom. The van der Waals surface area contributed by atoms with E-state index in [1.807, 2.05) is 49.4 Å². The Kier molecular flexibility index (Phi) is 5.04. The van der Waals surface area contributed by atoms with E-state index in [9.17, 15) is 9.59 Å². The van der Waals surface area contributed by atoms with Crippen molar-refractivity contribution in [3.05, 3.63) is 48.0 Å². The van der Waals surface area contributed by atoms with Gasteiger partial charge in [-0.2, -0.15) is 0 Å². The molecule has 1 aliphatic rings. The maximum absolute atomic E-state index is 12.8. The van der Waals surface area contributed by atoms with E-state index in [2.05, 4.69) is 5.16 Å². The zero-order chi connectivity index (χ0) is 16.9. The molecule has 0 amide bonds. The van der Waals surface area contributed by atoms with Gasteiger partial charge in [0.05, 0.1) is 5.71 Å². The third kappa shape index (κ3) is 3.37. The molecule has 1 aliphatic carbocycles. The number of benzene rings is 2. The van der Waals surface area contributed by atoms with Gasteiger partial charge in [-0.1, -0.05) is 47.6 Å². The van der Waals surface area contributed by atoms with Crippen LogP contribution in [0.4, 0.5) is 0 Å². The van der Waals surface area contributed by atoms with Crippen molar-refractivity contribution in [3.8, 4) is 0 Å². The van der Waals surface area contributed by atoms with Gasteiger partial charge in [-0.25, -0.2) is 0 Å². The van der Waals surface area contributed by atoms with E-state index in [1.165, 1.54) is 0 Å². The molecule has 0 aromatic heterocycles. The minimum absolute atomic E-state index is 0.0371. The lowest BCUT2D eigenvalue weighted by molar-refractivity contribution is -0.130. The SMILES string of the molecule is CCON=C1CCCC(=O)C1C(=O)Cc1cccc2ccccc12. The fourth-order valence-corrected chi connectivity index (χ4v) is 3.27. The first-order chi connectivity index (χ1) is 11.7. The van der Waals surface area contributed by atoms with Gasteiger partial charge < -0.3 is 4.84 Å². The molecule has 0 radical (unpaired) electrons. The monoisotopic (exact) mass is 323 g/mol. The van der Waals surface area contributed by atoms with E-state index in [0.29, 0.717) is 25.2 Å². The maximum atomic E-state index is 12.8. The predicted octanol–water partition coefficient (Wildman–Crippen LogP) is 3.71. The molecule has 4 heteroatoms. The molecule has 0 saturated heterocycles. The molecular weight excluding hydrogens is 302 g/mol. The quantitative estimate of drug-likeness (QED) is 0.622. The molecule has 0 bridgehead atoms. The van der Waals surface area contributed by atoms with Crippen molar-refractivity contribution in [2.24, 2.45) is 11.1 Å². The second kappa shape index (κ2) is 7.39. The first-order valence-corrected chi connectivity index (χ1v) is 8.41. The molecular formula is C20H21NO3. The van der Waals surface area contributed by atoms with Crippen LogP contribution in [0.25, 0.3) is 10.8 Å². The largest absolute Gasteiger partial charge is 0.396 e. The Bertz CT molecular complexity index is 789. The molecule has 4 nitrogen and oxygen atoms in total. The van der Waals surface area contributed by atoms with Gasteiger partial charge in [-0.05, 0) is 36.1 Å². The minimum Gasteiger partial charge on any atom is -0.396 e. The topological polar surface area (TPSA) is 55.7 Å². The molecule has 124 valence electrons. The van der Waals surface area contributed by atoms with Gasteiger partial charge in [0.25, 0.3) is 0 Å². The van der Waals surface area contributed by atoms with Gasteiger partial charge in [-0.15, -0.1) is 0 Å². The molecule has 24 heavy (non-hydrogen) atoms. The van der Waals surface area contributed by atoms with E-state index in [-0.39, 0.29) is 18.0 Å². The number of carbonyl (C=O) groups is 2. The van der Waals surface area contributed by atoms with Crippen LogP contribution in [0.5, 0.6) is 0 Å². The number of hydrogen-bond donors (Lipinski definition) is 0. The molecule has 2 aromatic rings. The highest BCUT2D eigenvalue weighted by Gasteiger charge is 2.34. The minimum atomic E-state index is -0.746. The molecule has 0 N–H and O–H groups in total. The van der Waals surface area contributed by atoms with Gasteiger partial charge >= 0.3 is 0 Å². The van der Waals surface area contributed by atoms with E-state index >= 15 is 0 Å². The van der Waals surface area contributed by atoms with Crippen molar-refractivity contribution in [3.63, 3.8) is 0 Å². The van der Waals surface area contributed by atoms with E-state index in [0.717, 1.165) is 22.8 Å². The molecule has 0 heterocycles. The van der Waals surface area contributed by atoms with E-state index < -0.39 is 5.92 Å². The first kappa shape index (κ1) is 16.4. The Hall–Kier alpha value is -2.49. The predicted molar refractivity (Wildman–Crippen MR) is 94.1 cm³/mol. The fraction of sp³-hybridized carbons (Fsp3) is 0.350. The summed E-state index contributed by atoms with van der Waals surface area (Å²) in [7, 11) is 0. The van der Waals surface area contributed by atoms with Crippen LogP contribution in [-0.2, 0) is 20.8 Å². The summed E-state index contributed by atoms with van der Waals surface area (Å²) in [5.74, 6) is -0.872. The summed E-state index contributed by atoms with van der Waals surface area (Å²) < 4.78 is 0. The van der Waals surface area contributed by atoms with Crippen molar-refractivity contribution in [2.75, 3.05) is 6.61 Å². The number of rotatable bonds is 5. The number of hydrogen-bond acceptors (Lipinski definition) is 4. The van der Waals surface area contributed by atoms with Crippen LogP contribution in [0, 0.1) is 5.92 Å². The number of fused-ring (bicyclic) bond motifs is 1. The second-order valence-electron chi connectivity index (χ2n) is 6.03. The molecule has 1 unspecified atom stereocenters. The van der Waals surface area contributed by atoms with Gasteiger partial charge in [-0.3, -0.25) is 9.59 Å². The summed E-state index contributed by atoms with van der Waals surface area (Å²) in [5.41, 5.74) is 1.53. The number of carbonyl (C=O) groups excluding carboxylic acids is 2. The molecule has 0 spiro atoms. The van der Waals surface area contributed by atoms with E-state index in [4.69, 9.17) is 4.84 Å². The maximum Gasteiger partial charge on any atom is 0.153 e. The summed E-state index contributed by atoms with van der Waals surface area (Å²) in [6, 6.07) is 13.9. The fourth-order valence-electron chi connectivity index (χ4n) is 3.27. The lowest BCUT2D eigenvalue weighted by Crippen LogP contribution is -2.36. The Balaban J connectivity index is 1.88. The second-order valence-corrected chi connectivity index (χ2v) is 6.03. The zero-order valence-electron chi connectivity index (χ0n) is 13.8. The summed E-state index contributed by atoms with van der Waals surface area (Å²) in [4.78, 5) is 30.2. The highest BCUT2D eigenvalue weighted by atomic mass is 16.6. The molecule has 1 fully saturated rings. The molecule has 1 saturated carbocycles. The molecule has 0 aliphatic heterocycles. The number of nitrogens with zero attached hydrogens (tertiary/aromatic N) is 1. The normalized spacial score (nSPS) is 19.6. The van der Waals surface area contributed by atoms with Crippen LogP contribution in [0.1, 0.15) is 31.7 Å². The summed E-state index contributed by atoms with van der Waals surface area (Å²) >= 11 is 0. The highest BCUT2D eigenvalue weighted by molar-refractivity contribution is 6.22. The summed E-state index contributed by atoms with van der Waals surface area (Å²) in [6.45, 7) is 2.27. The van der Waals surface area contributed by atoms with Crippen LogP contribution in [0.15, 0.2) is 47.6 Å². The molecule has 1 atom stereocenters. The van der Waals surface area contributed by atoms with Crippen molar-refractivity contribution in [1.82, 2.24) is 0 Å². The first-order valence-electron chi connectivity index (χ1n) is 8.41. The number of Topliss-reactive ketones (excluding diaryl/α,β-unsaturated/α-hetero) is 2. The Morgan fingerprint density at radius 1 is 1.17 bits per heavy atom. The lowest BCUT2D eigenvalue weighted by atomic mass is 9.81. The number of oxime groups is 1. The zero-order valence-corrected chi connectivity index (χ0v) is 13.8. The van der Waals surface area contributed by atoms with Crippen molar-refractivity contribution >= 4 is 28.1 Å². The average molecular weight is 323 g/mol. The van der Waals surface area contributed by atoms with Crippen molar-refractivity contribution in [2.45, 2.75) is 32.6 Å². The van der Waals surface area contributed by atoms with Gasteiger partial charge in [0.2, 0.25) is 0 Å². The van der Waals surface area contributed by atoms with E-state index in [1.54, 1.807) is 0 Å². The van der Waals surface area contributed by atoms with Crippen LogP contribution in [-0.4, -0.2) is 23.9 Å². The van der Waals surface area contributed by atoms with Crippen molar-refractivity contribution in [1.29, 1.82) is 0 Å². The van der Waals surface area contributed by atoms with Crippen molar-refractivity contribution < 1.29 is 14.4 Å². The van der Waals surface area contributed by atoms with Crippen LogP contribution in [0.3, 0.4) is 0 Å². The van der Waals surface area contributed by atoms with Crippen LogP contribution >= 0.6 is 0 Å². The smallest absolute Gasteiger partial charge is 0.153 e. The number of ketones is 2. The van der Waals surface area contributed by atoms with Gasteiger partial charge in [0, 0.05) is 12.8 Å². The summed E-state index contributed by atoms with van der Waals surface area (Å²) in [5, 5.41) is 6.19. The van der Waals surface area contributed by atoms with Gasteiger partial charge in [0.15, 0.2) is 5.78 Å².